The van der Waals surface area contributed by atoms with Gasteiger partial charge in [0.05, 0.1) is 12.1 Å². The molecular formula is C21H24FN3O2. The number of benzene rings is 1. The Kier molecular flexibility index (Phi) is 4.04. The van der Waals surface area contributed by atoms with Crippen molar-refractivity contribution >= 4 is 5.91 Å². The molecule has 0 spiro atoms. The van der Waals surface area contributed by atoms with Crippen molar-refractivity contribution < 1.29 is 13.7 Å². The summed E-state index contributed by atoms with van der Waals surface area (Å²) in [6.07, 6.45) is 5.43. The molecule has 5 nitrogen and oxygen atoms in total. The van der Waals surface area contributed by atoms with Gasteiger partial charge in [-0.05, 0) is 56.2 Å². The maximum absolute atomic E-state index is 14.2. The first-order valence-corrected chi connectivity index (χ1v) is 9.89. The lowest BCUT2D eigenvalue weighted by Crippen LogP contribution is -2.40. The fourth-order valence-electron chi connectivity index (χ4n) is 4.20. The van der Waals surface area contributed by atoms with Crippen molar-refractivity contribution in [2.75, 3.05) is 6.54 Å². The standard InChI is InChI=1S/C21H24FN3O2/c1-12-2-3-14(10-16(12)22)20-17(8-9-25(20)15-6-7-15)23-21(26)18-11-19(27-24-18)13-4-5-13/h2-3,10-11,13,15,17,20H,4-9H2,1H3,(H,23,26). The van der Waals surface area contributed by atoms with Gasteiger partial charge in [0.25, 0.3) is 5.91 Å². The third kappa shape index (κ3) is 3.27. The number of aromatic nitrogens is 1. The molecule has 3 fully saturated rings. The molecule has 1 amide bonds. The minimum absolute atomic E-state index is 0.00588. The molecule has 1 aliphatic heterocycles. The molecule has 2 unspecified atom stereocenters. The van der Waals surface area contributed by atoms with Crippen molar-refractivity contribution in [2.45, 2.75) is 63.1 Å². The Morgan fingerprint density at radius 1 is 1.22 bits per heavy atom. The topological polar surface area (TPSA) is 58.4 Å². The highest BCUT2D eigenvalue weighted by atomic mass is 19.1. The van der Waals surface area contributed by atoms with Gasteiger partial charge in [0.15, 0.2) is 5.69 Å². The van der Waals surface area contributed by atoms with Gasteiger partial charge in [0.2, 0.25) is 0 Å². The Bertz CT molecular complexity index is 872. The van der Waals surface area contributed by atoms with Crippen LogP contribution in [0.1, 0.15) is 71.4 Å². The molecule has 1 aromatic heterocycles. The summed E-state index contributed by atoms with van der Waals surface area (Å²) >= 11 is 0. The molecule has 0 bridgehead atoms. The zero-order valence-electron chi connectivity index (χ0n) is 15.5. The lowest BCUT2D eigenvalue weighted by Gasteiger charge is -2.29. The number of hydrogen-bond acceptors (Lipinski definition) is 4. The number of nitrogens with zero attached hydrogens (tertiary/aromatic N) is 2. The van der Waals surface area contributed by atoms with E-state index in [4.69, 9.17) is 4.52 Å². The van der Waals surface area contributed by atoms with Gasteiger partial charge < -0.3 is 9.84 Å². The Morgan fingerprint density at radius 3 is 2.74 bits per heavy atom. The Morgan fingerprint density at radius 2 is 2.04 bits per heavy atom. The molecule has 2 saturated carbocycles. The average Bonchev–Trinajstić information content (AvgIpc) is 3.59. The number of carbonyl (C=O) groups is 1. The summed E-state index contributed by atoms with van der Waals surface area (Å²) in [5, 5.41) is 7.09. The summed E-state index contributed by atoms with van der Waals surface area (Å²) in [7, 11) is 0. The minimum Gasteiger partial charge on any atom is -0.360 e. The van der Waals surface area contributed by atoms with E-state index >= 15 is 0 Å². The number of nitrogens with one attached hydrogen (secondary N) is 1. The van der Waals surface area contributed by atoms with Gasteiger partial charge in [0.1, 0.15) is 11.6 Å². The Hall–Kier alpha value is -2.21. The predicted molar refractivity (Wildman–Crippen MR) is 98.0 cm³/mol. The number of likely N-dealkylation sites (tertiary alicyclic amines) is 1. The van der Waals surface area contributed by atoms with Crippen LogP contribution in [-0.4, -0.2) is 34.6 Å². The van der Waals surface area contributed by atoms with E-state index in [0.717, 1.165) is 37.1 Å². The lowest BCUT2D eigenvalue weighted by atomic mass is 9.98. The zero-order valence-corrected chi connectivity index (χ0v) is 15.5. The lowest BCUT2D eigenvalue weighted by molar-refractivity contribution is 0.0914. The van der Waals surface area contributed by atoms with Crippen LogP contribution < -0.4 is 5.32 Å². The van der Waals surface area contributed by atoms with Crippen molar-refractivity contribution in [3.8, 4) is 0 Å². The molecule has 2 heterocycles. The molecule has 0 radical (unpaired) electrons. The van der Waals surface area contributed by atoms with Gasteiger partial charge in [-0.15, -0.1) is 0 Å². The molecule has 1 N–H and O–H groups in total. The first kappa shape index (κ1) is 16.9. The smallest absolute Gasteiger partial charge is 0.273 e. The van der Waals surface area contributed by atoms with Crippen LogP contribution >= 0.6 is 0 Å². The summed E-state index contributed by atoms with van der Waals surface area (Å²) in [5.74, 6) is 0.846. The van der Waals surface area contributed by atoms with E-state index in [1.165, 1.54) is 12.8 Å². The second kappa shape index (κ2) is 6.44. The van der Waals surface area contributed by atoms with Crippen molar-refractivity contribution in [2.24, 2.45) is 0 Å². The SMILES string of the molecule is Cc1ccc(C2C(NC(=O)c3cc(C4CC4)on3)CCN2C2CC2)cc1F. The van der Waals surface area contributed by atoms with Crippen molar-refractivity contribution in [1.82, 2.24) is 15.4 Å². The second-order valence-electron chi connectivity index (χ2n) is 8.18. The van der Waals surface area contributed by atoms with Gasteiger partial charge in [-0.1, -0.05) is 17.3 Å². The van der Waals surface area contributed by atoms with E-state index in [-0.39, 0.29) is 23.8 Å². The van der Waals surface area contributed by atoms with Gasteiger partial charge >= 0.3 is 0 Å². The van der Waals surface area contributed by atoms with E-state index in [1.807, 2.05) is 12.1 Å². The first-order valence-electron chi connectivity index (χ1n) is 9.89. The molecule has 1 aromatic carbocycles. The third-order valence-electron chi connectivity index (χ3n) is 6.05. The van der Waals surface area contributed by atoms with Crippen molar-refractivity contribution in [3.63, 3.8) is 0 Å². The molecule has 2 atom stereocenters. The van der Waals surface area contributed by atoms with E-state index in [2.05, 4.69) is 15.4 Å². The molecule has 2 aromatic rings. The van der Waals surface area contributed by atoms with Gasteiger partial charge in [-0.3, -0.25) is 9.69 Å². The summed E-state index contributed by atoms with van der Waals surface area (Å²) < 4.78 is 19.5. The largest absolute Gasteiger partial charge is 0.360 e. The molecule has 5 rings (SSSR count). The highest BCUT2D eigenvalue weighted by Crippen LogP contribution is 2.42. The number of amides is 1. The minimum atomic E-state index is -0.203. The molecule has 6 heteroatoms. The van der Waals surface area contributed by atoms with Crippen LogP contribution in [0.4, 0.5) is 4.39 Å². The number of rotatable bonds is 5. The van der Waals surface area contributed by atoms with Crippen LogP contribution in [0.3, 0.4) is 0 Å². The fraction of sp³-hybridized carbons (Fsp3) is 0.524. The molecule has 1 saturated heterocycles. The quantitative estimate of drug-likeness (QED) is 0.873. The molecule has 3 aliphatic rings. The van der Waals surface area contributed by atoms with E-state index in [9.17, 15) is 9.18 Å². The Balaban J connectivity index is 1.37. The van der Waals surface area contributed by atoms with Gasteiger partial charge in [-0.2, -0.15) is 0 Å². The van der Waals surface area contributed by atoms with Gasteiger partial charge in [-0.25, -0.2) is 4.39 Å². The van der Waals surface area contributed by atoms with Crippen LogP contribution in [0.2, 0.25) is 0 Å². The molecule has 27 heavy (non-hydrogen) atoms. The number of halogens is 1. The number of carbonyl (C=O) groups excluding carboxylic acids is 1. The summed E-state index contributed by atoms with van der Waals surface area (Å²) in [4.78, 5) is 15.1. The normalized spacial score (nSPS) is 25.7. The maximum Gasteiger partial charge on any atom is 0.273 e. The number of aryl methyl sites for hydroxylation is 1. The predicted octanol–water partition coefficient (Wildman–Crippen LogP) is 3.71. The highest BCUT2D eigenvalue weighted by Gasteiger charge is 2.43. The average molecular weight is 369 g/mol. The molecule has 2 aliphatic carbocycles. The van der Waals surface area contributed by atoms with Crippen molar-refractivity contribution in [3.05, 3.63) is 52.7 Å². The van der Waals surface area contributed by atoms with Crippen LogP contribution in [-0.2, 0) is 0 Å². The van der Waals surface area contributed by atoms with E-state index < -0.39 is 0 Å². The van der Waals surface area contributed by atoms with Crippen LogP contribution in [0.5, 0.6) is 0 Å². The van der Waals surface area contributed by atoms with Crippen molar-refractivity contribution in [1.29, 1.82) is 0 Å². The summed E-state index contributed by atoms with van der Waals surface area (Å²) in [6, 6.07) is 7.71. The maximum atomic E-state index is 14.2. The monoisotopic (exact) mass is 369 g/mol. The van der Waals surface area contributed by atoms with Gasteiger partial charge in [0, 0.05) is 24.6 Å². The third-order valence-corrected chi connectivity index (χ3v) is 6.05. The fourth-order valence-corrected chi connectivity index (χ4v) is 4.20. The zero-order chi connectivity index (χ0) is 18.5. The highest BCUT2D eigenvalue weighted by molar-refractivity contribution is 5.92. The second-order valence-corrected chi connectivity index (χ2v) is 8.18. The van der Waals surface area contributed by atoms with E-state index in [0.29, 0.717) is 23.2 Å². The molecule has 142 valence electrons. The Labute approximate surface area is 157 Å². The van der Waals surface area contributed by atoms with Crippen LogP contribution in [0.15, 0.2) is 28.8 Å². The van der Waals surface area contributed by atoms with Crippen LogP contribution in [0.25, 0.3) is 0 Å². The van der Waals surface area contributed by atoms with E-state index in [1.54, 1.807) is 19.1 Å². The van der Waals surface area contributed by atoms with Crippen LogP contribution in [0, 0.1) is 12.7 Å². The number of hydrogen-bond donors (Lipinski definition) is 1. The summed E-state index contributed by atoms with van der Waals surface area (Å²) in [5.41, 5.74) is 1.92. The molecular weight excluding hydrogens is 345 g/mol. The summed E-state index contributed by atoms with van der Waals surface area (Å²) in [6.45, 7) is 2.69. The first-order chi connectivity index (χ1) is 13.1.